The number of hydrogen-bond acceptors (Lipinski definition) is 0. The molecule has 0 saturated heterocycles. The summed E-state index contributed by atoms with van der Waals surface area (Å²) in [6.45, 7) is 0. The van der Waals surface area contributed by atoms with Gasteiger partial charge < -0.3 is 0 Å². The molecule has 0 aromatic carbocycles. The van der Waals surface area contributed by atoms with Crippen LogP contribution < -0.4 is 0 Å². The lowest BCUT2D eigenvalue weighted by Gasteiger charge is -1.87. The molecule has 0 aromatic rings. The summed E-state index contributed by atoms with van der Waals surface area (Å²) in [5.74, 6) is 0. The average molecular weight is 173 g/mol. The van der Waals surface area contributed by atoms with Gasteiger partial charge in [-0.15, -0.1) is 0 Å². The third-order valence-electron chi connectivity index (χ3n) is 1.93. The van der Waals surface area contributed by atoms with Crippen LogP contribution in [0.2, 0.25) is 0 Å². The molecule has 0 spiro atoms. The first-order chi connectivity index (χ1) is 6.50. The molecule has 0 unspecified atom stereocenters. The molecule has 1 rings (SSSR count). The zero-order chi connectivity index (χ0) is 9.19. The van der Waals surface area contributed by atoms with Crippen LogP contribution in [-0.2, 0) is 0 Å². The summed E-state index contributed by atoms with van der Waals surface area (Å²) in [6.07, 6.45) is 24.0. The second-order valence-electron chi connectivity index (χ2n) is 3.14. The summed E-state index contributed by atoms with van der Waals surface area (Å²) in [4.78, 5) is 0. The Hall–Kier alpha value is -1.04. The van der Waals surface area contributed by atoms with Gasteiger partial charge in [-0.2, -0.15) is 0 Å². The summed E-state index contributed by atoms with van der Waals surface area (Å²) < 4.78 is 0. The number of hydrogen-bond donors (Lipinski definition) is 0. The largest absolute Gasteiger partial charge is 0.0845 e. The van der Waals surface area contributed by atoms with Gasteiger partial charge in [0, 0.05) is 0 Å². The van der Waals surface area contributed by atoms with E-state index in [1.54, 1.807) is 0 Å². The number of allylic oxidation sites excluding steroid dienone is 8. The lowest BCUT2D eigenvalue weighted by molar-refractivity contribution is 0.867. The van der Waals surface area contributed by atoms with Crippen molar-refractivity contribution in [3.8, 4) is 0 Å². The van der Waals surface area contributed by atoms with E-state index < -0.39 is 0 Å². The fourth-order valence-electron chi connectivity index (χ4n) is 1.18. The molecular formula is C13H17. The Morgan fingerprint density at radius 3 is 2.46 bits per heavy atom. The minimum Gasteiger partial charge on any atom is -0.0845 e. The zero-order valence-electron chi connectivity index (χ0n) is 8.08. The highest BCUT2D eigenvalue weighted by molar-refractivity contribution is 5.04. The van der Waals surface area contributed by atoms with Crippen molar-refractivity contribution < 1.29 is 0 Å². The summed E-state index contributed by atoms with van der Waals surface area (Å²) in [5, 5.41) is 0. The Morgan fingerprint density at radius 2 is 1.54 bits per heavy atom. The molecule has 0 amide bonds. The second kappa shape index (κ2) is 7.60. The maximum absolute atomic E-state index is 3.17. The van der Waals surface area contributed by atoms with Crippen molar-refractivity contribution in [2.45, 2.75) is 32.1 Å². The smallest absolute Gasteiger partial charge is 0.0230 e. The van der Waals surface area contributed by atoms with Gasteiger partial charge in [0.1, 0.15) is 0 Å². The Balaban J connectivity index is 2.38. The summed E-state index contributed by atoms with van der Waals surface area (Å²) in [6, 6.07) is 0. The van der Waals surface area contributed by atoms with Crippen LogP contribution in [0.25, 0.3) is 0 Å². The van der Waals surface area contributed by atoms with Crippen LogP contribution in [-0.4, -0.2) is 0 Å². The minimum absolute atomic E-state index is 1.12. The molecule has 0 aliphatic heterocycles. The van der Waals surface area contributed by atoms with Gasteiger partial charge in [-0.3, -0.25) is 0 Å². The molecule has 0 fully saturated rings. The first kappa shape index (κ1) is 10.0. The van der Waals surface area contributed by atoms with E-state index in [9.17, 15) is 0 Å². The molecule has 0 saturated carbocycles. The highest BCUT2D eigenvalue weighted by Crippen LogP contribution is 2.00. The van der Waals surface area contributed by atoms with Crippen LogP contribution in [0.5, 0.6) is 0 Å². The third kappa shape index (κ3) is 6.15. The molecule has 0 heteroatoms. The normalized spacial score (nSPS) is 28.9. The number of rotatable bonds is 0. The molecule has 69 valence electrons. The maximum Gasteiger partial charge on any atom is -0.0230 e. The highest BCUT2D eigenvalue weighted by atomic mass is 13.9. The average Bonchev–Trinajstić information content (AvgIpc) is 2.18. The van der Waals surface area contributed by atoms with Crippen molar-refractivity contribution in [2.24, 2.45) is 0 Å². The highest BCUT2D eigenvalue weighted by Gasteiger charge is 1.80. The molecule has 1 radical (unpaired) electrons. The van der Waals surface area contributed by atoms with Crippen molar-refractivity contribution in [1.82, 2.24) is 0 Å². The molecule has 1 aliphatic carbocycles. The molecule has 0 bridgehead atoms. The van der Waals surface area contributed by atoms with Gasteiger partial charge in [-0.25, -0.2) is 0 Å². The van der Waals surface area contributed by atoms with E-state index in [0.29, 0.717) is 0 Å². The van der Waals surface area contributed by atoms with E-state index in [1.165, 1.54) is 12.8 Å². The summed E-state index contributed by atoms with van der Waals surface area (Å²) in [5.41, 5.74) is 0. The van der Waals surface area contributed by atoms with Crippen molar-refractivity contribution in [2.75, 3.05) is 0 Å². The van der Waals surface area contributed by atoms with E-state index in [2.05, 4.69) is 42.5 Å². The minimum atomic E-state index is 1.12. The van der Waals surface area contributed by atoms with Crippen LogP contribution in [0.15, 0.2) is 42.5 Å². The van der Waals surface area contributed by atoms with Crippen molar-refractivity contribution in [3.63, 3.8) is 0 Å². The Kier molecular flexibility index (Phi) is 5.87. The van der Waals surface area contributed by atoms with E-state index >= 15 is 0 Å². The van der Waals surface area contributed by atoms with Crippen molar-refractivity contribution in [1.29, 1.82) is 0 Å². The fourth-order valence-corrected chi connectivity index (χ4v) is 1.18. The standard InChI is InChI=1S/C13H17/c1-2-4-6-8-10-12-13-11-9-7-5-3-1/h1-4,9,11-12H,5-8,10H2/b3-1+,4-2-,11-9+,13-12?. The molecule has 0 N–H and O–H groups in total. The van der Waals surface area contributed by atoms with Gasteiger partial charge in [-0.05, 0) is 38.2 Å². The molecular weight excluding hydrogens is 156 g/mol. The van der Waals surface area contributed by atoms with Gasteiger partial charge in [0.15, 0.2) is 0 Å². The summed E-state index contributed by atoms with van der Waals surface area (Å²) >= 11 is 0. The van der Waals surface area contributed by atoms with E-state index in [0.717, 1.165) is 19.3 Å². The third-order valence-corrected chi connectivity index (χ3v) is 1.93. The molecule has 0 heterocycles. The Labute approximate surface area is 81.4 Å². The Morgan fingerprint density at radius 1 is 0.769 bits per heavy atom. The second-order valence-corrected chi connectivity index (χ2v) is 3.14. The van der Waals surface area contributed by atoms with Gasteiger partial charge in [-0.1, -0.05) is 42.5 Å². The fraction of sp³-hybridized carbons (Fsp3) is 0.385. The van der Waals surface area contributed by atoms with Crippen LogP contribution in [0.3, 0.4) is 0 Å². The topological polar surface area (TPSA) is 0 Å². The van der Waals surface area contributed by atoms with E-state index in [1.807, 2.05) is 6.08 Å². The van der Waals surface area contributed by atoms with Crippen molar-refractivity contribution in [3.05, 3.63) is 48.6 Å². The molecule has 0 aromatic heterocycles. The quantitative estimate of drug-likeness (QED) is 0.520. The van der Waals surface area contributed by atoms with Crippen LogP contribution in [0.1, 0.15) is 32.1 Å². The molecule has 0 atom stereocenters. The van der Waals surface area contributed by atoms with Crippen LogP contribution in [0.4, 0.5) is 0 Å². The molecule has 13 heavy (non-hydrogen) atoms. The van der Waals surface area contributed by atoms with E-state index in [-0.39, 0.29) is 0 Å². The van der Waals surface area contributed by atoms with Gasteiger partial charge >= 0.3 is 0 Å². The van der Waals surface area contributed by atoms with E-state index in [4.69, 9.17) is 0 Å². The lowest BCUT2D eigenvalue weighted by Crippen LogP contribution is -1.68. The van der Waals surface area contributed by atoms with Gasteiger partial charge in [0.2, 0.25) is 0 Å². The first-order valence-corrected chi connectivity index (χ1v) is 5.04. The predicted octanol–water partition coefficient (Wildman–Crippen LogP) is 3.98. The zero-order valence-corrected chi connectivity index (χ0v) is 8.08. The predicted molar refractivity (Wildman–Crippen MR) is 58.3 cm³/mol. The monoisotopic (exact) mass is 173 g/mol. The Bertz CT molecular complexity index is 192. The molecule has 1 aliphatic rings. The summed E-state index contributed by atoms with van der Waals surface area (Å²) in [7, 11) is 0. The molecule has 0 nitrogen and oxygen atoms in total. The first-order valence-electron chi connectivity index (χ1n) is 5.04. The van der Waals surface area contributed by atoms with Crippen LogP contribution in [0, 0.1) is 6.08 Å². The van der Waals surface area contributed by atoms with Gasteiger partial charge in [0.05, 0.1) is 0 Å². The SMILES string of the molecule is [C]1=C/CCC/C=C\C=C\CC/C=C/1. The maximum atomic E-state index is 3.17. The van der Waals surface area contributed by atoms with Crippen LogP contribution >= 0.6 is 0 Å². The van der Waals surface area contributed by atoms with Gasteiger partial charge in [0.25, 0.3) is 0 Å². The lowest BCUT2D eigenvalue weighted by atomic mass is 10.2. The van der Waals surface area contributed by atoms with Crippen molar-refractivity contribution >= 4 is 0 Å².